The Labute approximate surface area is 170 Å². The maximum Gasteiger partial charge on any atom is 0.333 e. The second-order valence-corrected chi connectivity index (χ2v) is 7.64. The van der Waals surface area contributed by atoms with Gasteiger partial charge in [0.25, 0.3) is 5.91 Å². The van der Waals surface area contributed by atoms with Gasteiger partial charge in [0.15, 0.2) is 5.84 Å². The molecule has 144 valence electrons. The molecule has 0 fully saturated rings. The summed E-state index contributed by atoms with van der Waals surface area (Å²) in [6.45, 7) is 6.45. The molecule has 2 amide bonds. The normalized spacial score (nSPS) is 16.1. The van der Waals surface area contributed by atoms with Crippen LogP contribution >= 0.6 is 35.0 Å². The molecule has 0 radical (unpaired) electrons. The standard InChI is InChI=1S/C17H17Cl2N3O4S/c1-9(2)17(25)26-6-7-27-14-15(20-10(3)23)21-22(16(14)24)13-8-11(18)4-5-12(13)19/h4-5,8,14H,1,6-7H2,2-3H3,(H,20,21,23). The number of nitrogens with one attached hydrogen (secondary N) is 1. The Balaban J connectivity index is 2.14. The Bertz CT molecular complexity index is 828. The first-order valence-corrected chi connectivity index (χ1v) is 9.60. The number of rotatable bonds is 6. The summed E-state index contributed by atoms with van der Waals surface area (Å²) in [5.41, 5.74) is 0.605. The molecule has 1 aromatic carbocycles. The zero-order valence-electron chi connectivity index (χ0n) is 14.6. The Hall–Kier alpha value is -2.03. The molecule has 1 unspecified atom stereocenters. The van der Waals surface area contributed by atoms with Gasteiger partial charge in [0.2, 0.25) is 5.91 Å². The Morgan fingerprint density at radius 3 is 2.70 bits per heavy atom. The van der Waals surface area contributed by atoms with Crippen molar-refractivity contribution in [3.8, 4) is 0 Å². The first kappa shape index (κ1) is 21.3. The Kier molecular flexibility index (Phi) is 7.29. The molecular formula is C17H17Cl2N3O4S. The van der Waals surface area contributed by atoms with E-state index in [1.165, 1.54) is 24.8 Å². The molecule has 7 nitrogen and oxygen atoms in total. The molecule has 0 aliphatic carbocycles. The van der Waals surface area contributed by atoms with Gasteiger partial charge in [-0.15, -0.1) is 16.9 Å². The van der Waals surface area contributed by atoms with Crippen LogP contribution in [0.5, 0.6) is 0 Å². The van der Waals surface area contributed by atoms with Crippen LogP contribution in [0, 0.1) is 0 Å². The molecule has 2 rings (SSSR count). The van der Waals surface area contributed by atoms with Gasteiger partial charge in [-0.25, -0.2) is 4.79 Å². The third kappa shape index (κ3) is 5.47. The molecule has 1 aliphatic rings. The average Bonchev–Trinajstić information content (AvgIpc) is 2.88. The van der Waals surface area contributed by atoms with Gasteiger partial charge in [-0.1, -0.05) is 29.8 Å². The third-order valence-corrected chi connectivity index (χ3v) is 4.99. The fraction of sp³-hybridized carbons (Fsp3) is 0.294. The number of hydrazone groups is 1. The smallest absolute Gasteiger partial charge is 0.333 e. The summed E-state index contributed by atoms with van der Waals surface area (Å²) in [6.07, 6.45) is 0. The zero-order valence-corrected chi connectivity index (χ0v) is 17.0. The van der Waals surface area contributed by atoms with E-state index in [0.717, 1.165) is 5.01 Å². The van der Waals surface area contributed by atoms with Crippen molar-refractivity contribution in [3.63, 3.8) is 0 Å². The third-order valence-electron chi connectivity index (χ3n) is 3.28. The number of hydrogen-bond donors (Lipinski definition) is 1. The summed E-state index contributed by atoms with van der Waals surface area (Å²) in [5.74, 6) is -0.749. The van der Waals surface area contributed by atoms with Crippen molar-refractivity contribution in [2.24, 2.45) is 5.10 Å². The highest BCUT2D eigenvalue weighted by Gasteiger charge is 2.38. The SMILES string of the molecule is C=C(C)C(=O)OCCSC1C(=O)N(c2cc(Cl)ccc2Cl)N=C1NC(C)=O. The maximum absolute atomic E-state index is 12.8. The van der Waals surface area contributed by atoms with Gasteiger partial charge < -0.3 is 10.1 Å². The van der Waals surface area contributed by atoms with E-state index in [9.17, 15) is 14.4 Å². The van der Waals surface area contributed by atoms with E-state index >= 15 is 0 Å². The van der Waals surface area contributed by atoms with Crippen LogP contribution in [-0.4, -0.2) is 41.2 Å². The van der Waals surface area contributed by atoms with Crippen LogP contribution in [0.2, 0.25) is 10.0 Å². The summed E-state index contributed by atoms with van der Waals surface area (Å²) in [6, 6.07) is 4.66. The number of esters is 1. The van der Waals surface area contributed by atoms with Crippen molar-refractivity contribution in [1.82, 2.24) is 5.32 Å². The molecule has 0 saturated heterocycles. The number of thioether (sulfide) groups is 1. The summed E-state index contributed by atoms with van der Waals surface area (Å²) < 4.78 is 5.01. The predicted octanol–water partition coefficient (Wildman–Crippen LogP) is 3.01. The van der Waals surface area contributed by atoms with Crippen molar-refractivity contribution in [3.05, 3.63) is 40.4 Å². The van der Waals surface area contributed by atoms with Gasteiger partial charge in [0.05, 0.1) is 10.7 Å². The number of benzene rings is 1. The first-order chi connectivity index (χ1) is 12.7. The number of carbonyl (C=O) groups excluding carboxylic acids is 3. The number of nitrogens with zero attached hydrogens (tertiary/aromatic N) is 2. The quantitative estimate of drug-likeness (QED) is 0.426. The van der Waals surface area contributed by atoms with Crippen LogP contribution in [0.15, 0.2) is 35.5 Å². The molecule has 1 atom stereocenters. The van der Waals surface area contributed by atoms with E-state index < -0.39 is 11.2 Å². The van der Waals surface area contributed by atoms with E-state index in [4.69, 9.17) is 27.9 Å². The molecule has 0 bridgehead atoms. The minimum Gasteiger partial charge on any atom is -0.461 e. The summed E-state index contributed by atoms with van der Waals surface area (Å²) in [7, 11) is 0. The van der Waals surface area contributed by atoms with Crippen LogP contribution in [0.4, 0.5) is 5.69 Å². The van der Waals surface area contributed by atoms with E-state index in [0.29, 0.717) is 27.1 Å². The monoisotopic (exact) mass is 429 g/mol. The lowest BCUT2D eigenvalue weighted by Crippen LogP contribution is -2.38. The number of amidine groups is 1. The zero-order chi connectivity index (χ0) is 20.1. The highest BCUT2D eigenvalue weighted by molar-refractivity contribution is 8.01. The van der Waals surface area contributed by atoms with E-state index in [-0.39, 0.29) is 24.3 Å². The summed E-state index contributed by atoms with van der Waals surface area (Å²) in [4.78, 5) is 35.7. The topological polar surface area (TPSA) is 88.1 Å². The molecule has 0 saturated carbocycles. The Morgan fingerprint density at radius 1 is 1.37 bits per heavy atom. The van der Waals surface area contributed by atoms with Gasteiger partial charge in [-0.3, -0.25) is 9.59 Å². The van der Waals surface area contributed by atoms with Crippen LogP contribution in [-0.2, 0) is 19.1 Å². The average molecular weight is 430 g/mol. The number of amides is 2. The van der Waals surface area contributed by atoms with E-state index in [1.807, 2.05) is 0 Å². The Morgan fingerprint density at radius 2 is 2.07 bits per heavy atom. The molecule has 27 heavy (non-hydrogen) atoms. The largest absolute Gasteiger partial charge is 0.461 e. The number of hydrogen-bond acceptors (Lipinski definition) is 6. The molecule has 1 aromatic rings. The van der Waals surface area contributed by atoms with E-state index in [1.54, 1.807) is 19.1 Å². The van der Waals surface area contributed by atoms with Crippen LogP contribution < -0.4 is 10.3 Å². The molecular weight excluding hydrogens is 413 g/mol. The molecule has 0 spiro atoms. The van der Waals surface area contributed by atoms with E-state index in [2.05, 4.69) is 17.0 Å². The molecule has 1 heterocycles. The summed E-state index contributed by atoms with van der Waals surface area (Å²) in [5, 5.41) is 7.76. The molecule has 1 N–H and O–H groups in total. The van der Waals surface area contributed by atoms with Crippen molar-refractivity contribution in [1.29, 1.82) is 0 Å². The van der Waals surface area contributed by atoms with Gasteiger partial charge >= 0.3 is 5.97 Å². The van der Waals surface area contributed by atoms with Crippen LogP contribution in [0.1, 0.15) is 13.8 Å². The van der Waals surface area contributed by atoms with Gasteiger partial charge in [0, 0.05) is 23.3 Å². The lowest BCUT2D eigenvalue weighted by molar-refractivity contribution is -0.138. The fourth-order valence-electron chi connectivity index (χ4n) is 2.10. The van der Waals surface area contributed by atoms with Gasteiger partial charge in [0.1, 0.15) is 11.9 Å². The maximum atomic E-state index is 12.8. The van der Waals surface area contributed by atoms with Crippen molar-refractivity contribution < 1.29 is 19.1 Å². The van der Waals surface area contributed by atoms with Crippen molar-refractivity contribution in [2.45, 2.75) is 19.1 Å². The fourth-order valence-corrected chi connectivity index (χ4v) is 3.39. The second kappa shape index (κ2) is 9.25. The molecule has 0 aromatic heterocycles. The van der Waals surface area contributed by atoms with Crippen LogP contribution in [0.25, 0.3) is 0 Å². The first-order valence-electron chi connectivity index (χ1n) is 7.80. The lowest BCUT2D eigenvalue weighted by Gasteiger charge is -2.15. The minimum absolute atomic E-state index is 0.0887. The number of carbonyl (C=O) groups is 3. The number of halogens is 2. The van der Waals surface area contributed by atoms with Crippen LogP contribution in [0.3, 0.4) is 0 Å². The van der Waals surface area contributed by atoms with Crippen molar-refractivity contribution >= 4 is 64.3 Å². The highest BCUT2D eigenvalue weighted by Crippen LogP contribution is 2.33. The minimum atomic E-state index is -0.771. The van der Waals surface area contributed by atoms with Gasteiger partial charge in [-0.2, -0.15) is 5.01 Å². The highest BCUT2D eigenvalue weighted by atomic mass is 35.5. The molecule has 10 heteroatoms. The molecule has 1 aliphatic heterocycles. The van der Waals surface area contributed by atoms with Crippen molar-refractivity contribution in [2.75, 3.05) is 17.4 Å². The number of anilines is 1. The second-order valence-electron chi connectivity index (χ2n) is 5.58. The number of ether oxygens (including phenoxy) is 1. The summed E-state index contributed by atoms with van der Waals surface area (Å²) >= 11 is 13.3. The predicted molar refractivity (Wildman–Crippen MR) is 107 cm³/mol. The lowest BCUT2D eigenvalue weighted by atomic mass is 10.3. The van der Waals surface area contributed by atoms with Gasteiger partial charge in [-0.05, 0) is 25.1 Å².